The van der Waals surface area contributed by atoms with Gasteiger partial charge >= 0.3 is 0 Å². The van der Waals surface area contributed by atoms with Crippen molar-refractivity contribution in [1.82, 2.24) is 29.6 Å². The Morgan fingerprint density at radius 3 is 2.48 bits per heavy atom. The molecule has 2 aromatic rings. The Labute approximate surface area is 160 Å². The number of aromatic nitrogens is 5. The van der Waals surface area contributed by atoms with Gasteiger partial charge in [-0.15, -0.1) is 10.2 Å². The molecule has 0 bridgehead atoms. The van der Waals surface area contributed by atoms with Crippen LogP contribution in [0.25, 0.3) is 0 Å². The Bertz CT molecular complexity index is 742. The smallest absolute Gasteiger partial charge is 0.221 e. The number of hydrogen-bond donors (Lipinski definition) is 1. The zero-order valence-electron chi connectivity index (χ0n) is 16.2. The Morgan fingerprint density at radius 2 is 1.78 bits per heavy atom. The van der Waals surface area contributed by atoms with Gasteiger partial charge < -0.3 is 15.2 Å². The van der Waals surface area contributed by atoms with E-state index >= 15 is 0 Å². The highest BCUT2D eigenvalue weighted by Crippen LogP contribution is 2.29. The summed E-state index contributed by atoms with van der Waals surface area (Å²) in [6.45, 7) is 5.19. The molecule has 2 fully saturated rings. The summed E-state index contributed by atoms with van der Waals surface area (Å²) in [7, 11) is 2.12. The summed E-state index contributed by atoms with van der Waals surface area (Å²) in [6.07, 6.45) is 9.16. The lowest BCUT2D eigenvalue weighted by molar-refractivity contribution is 0.266. The first-order chi connectivity index (χ1) is 13.2. The molecule has 0 atom stereocenters. The average molecular weight is 371 g/mol. The van der Waals surface area contributed by atoms with Gasteiger partial charge in [0.1, 0.15) is 17.5 Å². The Morgan fingerprint density at radius 1 is 1.04 bits per heavy atom. The van der Waals surface area contributed by atoms with E-state index in [4.69, 9.17) is 5.73 Å². The van der Waals surface area contributed by atoms with Crippen molar-refractivity contribution in [1.29, 1.82) is 0 Å². The van der Waals surface area contributed by atoms with E-state index in [1.54, 1.807) is 6.20 Å². The van der Waals surface area contributed by atoms with E-state index < -0.39 is 0 Å². The van der Waals surface area contributed by atoms with Crippen molar-refractivity contribution in [3.05, 3.63) is 23.9 Å². The maximum Gasteiger partial charge on any atom is 0.221 e. The van der Waals surface area contributed by atoms with E-state index in [0.717, 1.165) is 49.9 Å². The lowest BCUT2D eigenvalue weighted by Crippen LogP contribution is -2.34. The van der Waals surface area contributed by atoms with Crippen molar-refractivity contribution < 1.29 is 0 Å². The molecule has 0 amide bonds. The molecule has 2 aliphatic rings. The van der Waals surface area contributed by atoms with Gasteiger partial charge in [-0.3, -0.25) is 4.90 Å². The van der Waals surface area contributed by atoms with Crippen LogP contribution in [0.3, 0.4) is 0 Å². The van der Waals surface area contributed by atoms with Crippen LogP contribution >= 0.6 is 0 Å². The number of rotatable bonds is 4. The summed E-state index contributed by atoms with van der Waals surface area (Å²) in [6, 6.07) is 1.93. The first-order valence-electron chi connectivity index (χ1n) is 10.1. The molecule has 0 saturated carbocycles. The molecule has 0 aliphatic carbocycles. The molecule has 8 nitrogen and oxygen atoms in total. The molecule has 4 rings (SSSR count). The Balaban J connectivity index is 1.38. The van der Waals surface area contributed by atoms with Crippen molar-refractivity contribution >= 4 is 11.8 Å². The normalized spacial score (nSPS) is 20.0. The number of nitrogens with zero attached hydrogens (tertiary/aromatic N) is 7. The summed E-state index contributed by atoms with van der Waals surface area (Å²) in [4.78, 5) is 13.1. The molecule has 2 aromatic heterocycles. The van der Waals surface area contributed by atoms with E-state index in [9.17, 15) is 0 Å². The Kier molecular flexibility index (Phi) is 5.52. The lowest BCUT2D eigenvalue weighted by Gasteiger charge is -2.32. The van der Waals surface area contributed by atoms with Crippen LogP contribution in [0.4, 0.5) is 11.8 Å². The molecule has 8 heteroatoms. The van der Waals surface area contributed by atoms with E-state index in [1.165, 1.54) is 38.8 Å². The highest BCUT2D eigenvalue weighted by atomic mass is 15.3. The number of nitrogen functional groups attached to an aromatic ring is 1. The van der Waals surface area contributed by atoms with Gasteiger partial charge in [-0.2, -0.15) is 4.98 Å². The van der Waals surface area contributed by atoms with Gasteiger partial charge in [-0.1, -0.05) is 12.8 Å². The monoisotopic (exact) mass is 370 g/mol. The largest absolute Gasteiger partial charge is 0.368 e. The first-order valence-corrected chi connectivity index (χ1v) is 10.1. The fourth-order valence-electron chi connectivity index (χ4n) is 4.27. The van der Waals surface area contributed by atoms with Gasteiger partial charge in [-0.25, -0.2) is 4.98 Å². The van der Waals surface area contributed by atoms with Crippen LogP contribution in [0.2, 0.25) is 0 Å². The zero-order chi connectivity index (χ0) is 18.6. The maximum absolute atomic E-state index is 5.72. The lowest BCUT2D eigenvalue weighted by atomic mass is 9.96. The van der Waals surface area contributed by atoms with Crippen LogP contribution in [0.1, 0.15) is 56.1 Å². The minimum Gasteiger partial charge on any atom is -0.368 e. The summed E-state index contributed by atoms with van der Waals surface area (Å²) < 4.78 is 2.23. The van der Waals surface area contributed by atoms with Crippen LogP contribution in [0.15, 0.2) is 12.3 Å². The predicted molar refractivity (Wildman–Crippen MR) is 105 cm³/mol. The zero-order valence-corrected chi connectivity index (χ0v) is 16.2. The fourth-order valence-corrected chi connectivity index (χ4v) is 4.27. The second kappa shape index (κ2) is 8.21. The topological polar surface area (TPSA) is 89.0 Å². The molecule has 0 unspecified atom stereocenters. The predicted octanol–water partition coefficient (Wildman–Crippen LogP) is 1.95. The quantitative estimate of drug-likeness (QED) is 0.880. The van der Waals surface area contributed by atoms with Gasteiger partial charge in [0.2, 0.25) is 5.95 Å². The molecular formula is C19H30N8. The van der Waals surface area contributed by atoms with Crippen LogP contribution < -0.4 is 10.6 Å². The second-order valence-electron chi connectivity index (χ2n) is 7.76. The van der Waals surface area contributed by atoms with Gasteiger partial charge in [0.05, 0.1) is 6.54 Å². The average Bonchev–Trinajstić information content (AvgIpc) is 2.88. The van der Waals surface area contributed by atoms with Crippen LogP contribution in [0.5, 0.6) is 0 Å². The summed E-state index contributed by atoms with van der Waals surface area (Å²) in [5.41, 5.74) is 5.72. The number of anilines is 2. The van der Waals surface area contributed by atoms with E-state index in [-0.39, 0.29) is 0 Å². The maximum atomic E-state index is 5.72. The molecule has 2 saturated heterocycles. The fraction of sp³-hybridized carbons (Fsp3) is 0.684. The summed E-state index contributed by atoms with van der Waals surface area (Å²) >= 11 is 0. The minimum atomic E-state index is 0.334. The van der Waals surface area contributed by atoms with E-state index in [2.05, 4.69) is 41.6 Å². The molecule has 2 aliphatic heterocycles. The summed E-state index contributed by atoms with van der Waals surface area (Å²) in [5, 5.41) is 9.09. The third kappa shape index (κ3) is 4.21. The highest BCUT2D eigenvalue weighted by Gasteiger charge is 2.26. The van der Waals surface area contributed by atoms with E-state index in [1.807, 2.05) is 6.07 Å². The van der Waals surface area contributed by atoms with Gasteiger partial charge in [0.25, 0.3) is 0 Å². The molecule has 2 N–H and O–H groups in total. The molecular weight excluding hydrogens is 340 g/mol. The molecule has 0 radical (unpaired) electrons. The molecule has 0 spiro atoms. The third-order valence-corrected chi connectivity index (χ3v) is 5.91. The SMILES string of the molecule is Cn1c(CN2CCCCCC2)nnc1C1CCN(c2ccnc(N)n2)CC1. The third-order valence-electron chi connectivity index (χ3n) is 5.91. The molecule has 27 heavy (non-hydrogen) atoms. The molecule has 0 aromatic carbocycles. The molecule has 146 valence electrons. The van der Waals surface area contributed by atoms with Crippen molar-refractivity contribution in [2.75, 3.05) is 36.8 Å². The minimum absolute atomic E-state index is 0.334. The number of likely N-dealkylation sites (tertiary alicyclic amines) is 1. The number of piperidine rings is 1. The van der Waals surface area contributed by atoms with Crippen LogP contribution in [0, 0.1) is 0 Å². The van der Waals surface area contributed by atoms with Crippen molar-refractivity contribution in [3.63, 3.8) is 0 Å². The highest BCUT2D eigenvalue weighted by molar-refractivity contribution is 5.41. The van der Waals surface area contributed by atoms with Gasteiger partial charge in [-0.05, 0) is 44.8 Å². The standard InChI is InChI=1S/C19H30N8/c1-25-17(14-26-10-4-2-3-5-11-26)23-24-18(25)15-7-12-27(13-8-15)16-6-9-21-19(20)22-16/h6,9,15H,2-5,7-8,10-14H2,1H3,(H2,20,21,22). The van der Waals surface area contributed by atoms with Crippen LogP contribution in [-0.2, 0) is 13.6 Å². The molecule has 4 heterocycles. The van der Waals surface area contributed by atoms with Crippen molar-refractivity contribution in [2.24, 2.45) is 7.05 Å². The number of hydrogen-bond acceptors (Lipinski definition) is 7. The first kappa shape index (κ1) is 18.2. The van der Waals surface area contributed by atoms with Crippen molar-refractivity contribution in [3.8, 4) is 0 Å². The van der Waals surface area contributed by atoms with Gasteiger partial charge in [0.15, 0.2) is 0 Å². The van der Waals surface area contributed by atoms with Crippen molar-refractivity contribution in [2.45, 2.75) is 51.0 Å². The second-order valence-corrected chi connectivity index (χ2v) is 7.76. The summed E-state index contributed by atoms with van der Waals surface area (Å²) in [5.74, 6) is 3.93. The van der Waals surface area contributed by atoms with E-state index in [0.29, 0.717) is 11.9 Å². The van der Waals surface area contributed by atoms with Crippen LogP contribution in [-0.4, -0.2) is 55.8 Å². The number of nitrogens with two attached hydrogens (primary N) is 1. The van der Waals surface area contributed by atoms with Gasteiger partial charge in [0, 0.05) is 32.3 Å². The Hall–Kier alpha value is -2.22.